The summed E-state index contributed by atoms with van der Waals surface area (Å²) >= 11 is 0. The molecule has 3 N–H and O–H groups in total. The van der Waals surface area contributed by atoms with Crippen molar-refractivity contribution in [2.45, 2.75) is 33.1 Å². The first-order valence-electron chi connectivity index (χ1n) is 10.5. The molecule has 3 aromatic rings. The van der Waals surface area contributed by atoms with Crippen LogP contribution >= 0.6 is 0 Å². The molecule has 32 heavy (non-hydrogen) atoms. The quantitative estimate of drug-likeness (QED) is 0.557. The van der Waals surface area contributed by atoms with Gasteiger partial charge in [0.15, 0.2) is 0 Å². The molecule has 0 amide bonds. The smallest absolute Gasteiger partial charge is 0.264 e. The number of benzene rings is 2. The standard InChI is InChI=1S/C25H26F2N4O/c1-14-7-22-20(9-15(2)25(32)30(22)3)23(8-14)31-6-4-5-16-10-18(17(12-28)13-29)19(24(26)27)11-21(16)31/h7-13,24,28H,4-6,29H2,1-3H3/b17-13+,28-12?. The average Bonchev–Trinajstić information content (AvgIpc) is 2.77. The topological polar surface area (TPSA) is 75.1 Å². The second-order valence-electron chi connectivity index (χ2n) is 8.30. The van der Waals surface area contributed by atoms with Crippen molar-refractivity contribution >= 4 is 34.1 Å². The molecule has 1 aliphatic rings. The van der Waals surface area contributed by atoms with E-state index >= 15 is 0 Å². The lowest BCUT2D eigenvalue weighted by molar-refractivity contribution is 0.151. The SMILES string of the molecule is Cc1cc(N2CCCc3cc(/C(C=N)=C/N)c(C(F)F)cc32)c2cc(C)c(=O)n(C)c2c1. The lowest BCUT2D eigenvalue weighted by Gasteiger charge is -2.34. The van der Waals surface area contributed by atoms with Crippen LogP contribution in [-0.2, 0) is 13.5 Å². The number of fused-ring (bicyclic) bond motifs is 2. The molecule has 0 unspecified atom stereocenters. The number of hydrogen-bond donors (Lipinski definition) is 2. The molecule has 0 fully saturated rings. The van der Waals surface area contributed by atoms with Crippen LogP contribution in [0.5, 0.6) is 0 Å². The van der Waals surface area contributed by atoms with Crippen LogP contribution in [0.3, 0.4) is 0 Å². The van der Waals surface area contributed by atoms with Gasteiger partial charge in [0.25, 0.3) is 12.0 Å². The number of hydrogen-bond acceptors (Lipinski definition) is 4. The van der Waals surface area contributed by atoms with E-state index in [0.717, 1.165) is 52.5 Å². The molecular weight excluding hydrogens is 410 g/mol. The molecule has 0 spiro atoms. The van der Waals surface area contributed by atoms with Gasteiger partial charge in [0.05, 0.1) is 11.2 Å². The second-order valence-corrected chi connectivity index (χ2v) is 8.30. The van der Waals surface area contributed by atoms with Crippen LogP contribution in [0.1, 0.15) is 40.7 Å². The molecule has 0 radical (unpaired) electrons. The fourth-order valence-corrected chi connectivity index (χ4v) is 4.61. The molecule has 7 heteroatoms. The van der Waals surface area contributed by atoms with Crippen molar-refractivity contribution in [3.63, 3.8) is 0 Å². The minimum atomic E-state index is -2.70. The zero-order valence-electron chi connectivity index (χ0n) is 18.4. The summed E-state index contributed by atoms with van der Waals surface area (Å²) in [6.45, 7) is 4.43. The van der Waals surface area contributed by atoms with Crippen molar-refractivity contribution in [3.8, 4) is 0 Å². The second kappa shape index (κ2) is 8.22. The van der Waals surface area contributed by atoms with Gasteiger partial charge in [-0.3, -0.25) is 4.79 Å². The van der Waals surface area contributed by atoms with Crippen LogP contribution in [0, 0.1) is 19.3 Å². The fourth-order valence-electron chi connectivity index (χ4n) is 4.61. The number of aromatic nitrogens is 1. The van der Waals surface area contributed by atoms with Crippen molar-refractivity contribution < 1.29 is 8.78 Å². The summed E-state index contributed by atoms with van der Waals surface area (Å²) in [4.78, 5) is 14.6. The summed E-state index contributed by atoms with van der Waals surface area (Å²) in [5, 5.41) is 8.47. The maximum Gasteiger partial charge on any atom is 0.264 e. The number of pyridine rings is 1. The molecule has 0 saturated carbocycles. The van der Waals surface area contributed by atoms with Gasteiger partial charge in [0.2, 0.25) is 0 Å². The third-order valence-electron chi connectivity index (χ3n) is 6.19. The maximum absolute atomic E-state index is 14.0. The number of anilines is 2. The first-order chi connectivity index (χ1) is 15.3. The number of aryl methyl sites for hydroxylation is 4. The third-order valence-corrected chi connectivity index (χ3v) is 6.19. The van der Waals surface area contributed by atoms with Gasteiger partial charge >= 0.3 is 0 Å². The normalized spacial score (nSPS) is 14.2. The number of allylic oxidation sites excluding steroid dienone is 1. The molecule has 0 saturated heterocycles. The van der Waals surface area contributed by atoms with Crippen LogP contribution < -0.4 is 16.2 Å². The minimum Gasteiger partial charge on any atom is -0.404 e. The van der Waals surface area contributed by atoms with Crippen LogP contribution in [-0.4, -0.2) is 17.3 Å². The molecule has 166 valence electrons. The van der Waals surface area contributed by atoms with E-state index < -0.39 is 6.43 Å². The minimum absolute atomic E-state index is 0.0505. The average molecular weight is 437 g/mol. The van der Waals surface area contributed by atoms with E-state index in [1.54, 1.807) is 24.6 Å². The molecule has 0 aliphatic carbocycles. The molecule has 5 nitrogen and oxygen atoms in total. The summed E-state index contributed by atoms with van der Waals surface area (Å²) in [6.07, 6.45) is 1.10. The summed E-state index contributed by atoms with van der Waals surface area (Å²) in [7, 11) is 1.75. The largest absolute Gasteiger partial charge is 0.404 e. The molecule has 2 aromatic carbocycles. The Morgan fingerprint density at radius 2 is 1.91 bits per heavy atom. The highest BCUT2D eigenvalue weighted by Crippen LogP contribution is 2.41. The van der Waals surface area contributed by atoms with Crippen LogP contribution in [0.25, 0.3) is 16.5 Å². The van der Waals surface area contributed by atoms with E-state index in [1.807, 2.05) is 25.1 Å². The highest BCUT2D eigenvalue weighted by molar-refractivity contribution is 6.09. The Labute approximate surface area is 185 Å². The van der Waals surface area contributed by atoms with Crippen LogP contribution in [0.2, 0.25) is 0 Å². The number of halogens is 2. The summed E-state index contributed by atoms with van der Waals surface area (Å²) in [5.74, 6) is 0. The first kappa shape index (κ1) is 21.7. The number of nitrogens with two attached hydrogens (primary N) is 1. The van der Waals surface area contributed by atoms with Crippen molar-refractivity contribution in [2.24, 2.45) is 12.8 Å². The van der Waals surface area contributed by atoms with Crippen molar-refractivity contribution in [1.82, 2.24) is 4.57 Å². The number of alkyl halides is 2. The number of nitrogens with zero attached hydrogens (tertiary/aromatic N) is 2. The fraction of sp³-hybridized carbons (Fsp3) is 0.280. The molecule has 1 aromatic heterocycles. The molecule has 4 rings (SSSR count). The van der Waals surface area contributed by atoms with Gasteiger partial charge in [-0.1, -0.05) is 0 Å². The van der Waals surface area contributed by atoms with E-state index in [-0.39, 0.29) is 16.7 Å². The first-order valence-corrected chi connectivity index (χ1v) is 10.5. The zero-order chi connectivity index (χ0) is 23.2. The van der Waals surface area contributed by atoms with Crippen molar-refractivity contribution in [1.29, 1.82) is 5.41 Å². The predicted molar refractivity (Wildman–Crippen MR) is 126 cm³/mol. The lowest BCUT2D eigenvalue weighted by atomic mass is 9.91. The zero-order valence-corrected chi connectivity index (χ0v) is 18.4. The van der Waals surface area contributed by atoms with Crippen LogP contribution in [0.4, 0.5) is 20.2 Å². The van der Waals surface area contributed by atoms with Gasteiger partial charge in [-0.15, -0.1) is 0 Å². The highest BCUT2D eigenvalue weighted by atomic mass is 19.3. The van der Waals surface area contributed by atoms with Gasteiger partial charge in [0, 0.05) is 53.8 Å². The van der Waals surface area contributed by atoms with E-state index in [1.165, 1.54) is 12.3 Å². The molecule has 1 aliphatic heterocycles. The number of nitrogens with one attached hydrogen (secondary N) is 1. The Morgan fingerprint density at radius 1 is 1.16 bits per heavy atom. The molecule has 0 bridgehead atoms. The van der Waals surface area contributed by atoms with Crippen molar-refractivity contribution in [2.75, 3.05) is 11.4 Å². The Bertz CT molecular complexity index is 1320. The van der Waals surface area contributed by atoms with Gasteiger partial charge in [-0.25, -0.2) is 8.78 Å². The monoisotopic (exact) mass is 436 g/mol. The summed E-state index contributed by atoms with van der Waals surface area (Å²) < 4.78 is 29.7. The van der Waals surface area contributed by atoms with Gasteiger partial charge in [-0.2, -0.15) is 0 Å². The van der Waals surface area contributed by atoms with Gasteiger partial charge in [0.1, 0.15) is 0 Å². The van der Waals surface area contributed by atoms with E-state index in [2.05, 4.69) is 4.90 Å². The van der Waals surface area contributed by atoms with Gasteiger partial charge < -0.3 is 20.6 Å². The van der Waals surface area contributed by atoms with Crippen LogP contribution in [0.15, 0.2) is 41.3 Å². The Balaban J connectivity index is 2.00. The molecule has 0 atom stereocenters. The van der Waals surface area contributed by atoms with E-state index in [0.29, 0.717) is 17.7 Å². The Hall–Kier alpha value is -3.48. The molecular formula is C25H26F2N4O. The Morgan fingerprint density at radius 3 is 2.56 bits per heavy atom. The summed E-state index contributed by atoms with van der Waals surface area (Å²) in [5.41, 5.74) is 11.0. The summed E-state index contributed by atoms with van der Waals surface area (Å²) in [6, 6.07) is 9.17. The molecule has 2 heterocycles. The predicted octanol–water partition coefficient (Wildman–Crippen LogP) is 5.13. The highest BCUT2D eigenvalue weighted by Gasteiger charge is 2.26. The van der Waals surface area contributed by atoms with Gasteiger partial charge in [-0.05, 0) is 73.7 Å². The Kier molecular flexibility index (Phi) is 5.59. The van der Waals surface area contributed by atoms with E-state index in [4.69, 9.17) is 11.1 Å². The van der Waals surface area contributed by atoms with E-state index in [9.17, 15) is 13.6 Å². The number of rotatable bonds is 4. The maximum atomic E-state index is 14.0. The third kappa shape index (κ3) is 3.47. The lowest BCUT2D eigenvalue weighted by Crippen LogP contribution is -2.26. The van der Waals surface area contributed by atoms with Crippen molar-refractivity contribution in [3.05, 3.63) is 74.7 Å².